The average Bonchev–Trinajstić information content (AvgIpc) is 2.90. The summed E-state index contributed by atoms with van der Waals surface area (Å²) in [5.74, 6) is 0.741. The van der Waals surface area contributed by atoms with E-state index in [1.807, 2.05) is 24.3 Å². The summed E-state index contributed by atoms with van der Waals surface area (Å²) in [6.45, 7) is 4.28. The Bertz CT molecular complexity index is 525. The van der Waals surface area contributed by atoms with Gasteiger partial charge in [-0.3, -0.25) is 4.79 Å². The van der Waals surface area contributed by atoms with Crippen LogP contribution in [-0.4, -0.2) is 26.5 Å². The number of benzene rings is 1. The minimum absolute atomic E-state index is 0.0579. The second-order valence-electron chi connectivity index (χ2n) is 4.24. The average molecular weight is 294 g/mol. The molecule has 0 radical (unpaired) electrons. The summed E-state index contributed by atoms with van der Waals surface area (Å²) in [5, 5.41) is 10.1. The second kappa shape index (κ2) is 6.63. The van der Waals surface area contributed by atoms with Gasteiger partial charge in [-0.2, -0.15) is 0 Å². The van der Waals surface area contributed by atoms with Gasteiger partial charge in [-0.25, -0.2) is 0 Å². The van der Waals surface area contributed by atoms with Crippen LogP contribution in [0.1, 0.15) is 25.3 Å². The first-order chi connectivity index (χ1) is 9.15. The number of carbonyl (C=O) groups is 1. The number of hydrogen-bond acceptors (Lipinski definition) is 6. The molecule has 0 unspecified atom stereocenters. The van der Waals surface area contributed by atoms with Gasteiger partial charge in [0, 0.05) is 17.2 Å². The Morgan fingerprint density at radius 1 is 1.37 bits per heavy atom. The standard InChI is InChI=1S/C12H14N4OS2/c1-8(2)9-3-5-10(6-4-9)13-11(17)7-18-12-14-15-16-19-12/h3-6,8H,7H2,1-2H3,(H,13,17). The van der Waals surface area contributed by atoms with Gasteiger partial charge in [-0.15, -0.1) is 5.10 Å². The molecule has 0 aliphatic rings. The highest BCUT2D eigenvalue weighted by Crippen LogP contribution is 2.19. The SMILES string of the molecule is CC(C)c1ccc(NC(=O)CSc2nnns2)cc1. The predicted octanol–water partition coefficient (Wildman–Crippen LogP) is 2.79. The van der Waals surface area contributed by atoms with E-state index in [1.54, 1.807) is 0 Å². The third kappa shape index (κ3) is 4.29. The quantitative estimate of drug-likeness (QED) is 0.859. The number of amides is 1. The fourth-order valence-electron chi connectivity index (χ4n) is 1.46. The maximum absolute atomic E-state index is 11.7. The number of thioether (sulfide) groups is 1. The highest BCUT2D eigenvalue weighted by molar-refractivity contribution is 8.01. The Morgan fingerprint density at radius 2 is 2.11 bits per heavy atom. The van der Waals surface area contributed by atoms with Crippen LogP contribution < -0.4 is 5.32 Å². The van der Waals surface area contributed by atoms with E-state index in [1.165, 1.54) is 28.9 Å². The molecular formula is C12H14N4OS2. The Labute approximate surface area is 120 Å². The van der Waals surface area contributed by atoms with Gasteiger partial charge in [0.15, 0.2) is 4.34 Å². The molecule has 0 saturated carbocycles. The molecule has 0 spiro atoms. The molecule has 0 atom stereocenters. The maximum atomic E-state index is 11.7. The smallest absolute Gasteiger partial charge is 0.234 e. The molecule has 5 nitrogen and oxygen atoms in total. The summed E-state index contributed by atoms with van der Waals surface area (Å²) in [4.78, 5) is 11.7. The minimum Gasteiger partial charge on any atom is -0.325 e. The Hall–Kier alpha value is -1.47. The fourth-order valence-corrected chi connectivity index (χ4v) is 2.58. The number of carbonyl (C=O) groups excluding carboxylic acids is 1. The molecule has 0 aliphatic heterocycles. The number of hydrogen-bond donors (Lipinski definition) is 1. The molecule has 1 aromatic heterocycles. The van der Waals surface area contributed by atoms with E-state index in [2.05, 4.69) is 34.0 Å². The van der Waals surface area contributed by atoms with E-state index in [-0.39, 0.29) is 5.91 Å². The number of aromatic nitrogens is 3. The van der Waals surface area contributed by atoms with Crippen molar-refractivity contribution >= 4 is 34.9 Å². The molecule has 0 bridgehead atoms. The lowest BCUT2D eigenvalue weighted by Crippen LogP contribution is -2.13. The van der Waals surface area contributed by atoms with Crippen molar-refractivity contribution in [1.82, 2.24) is 14.8 Å². The lowest BCUT2D eigenvalue weighted by atomic mass is 10.0. The summed E-state index contributed by atoms with van der Waals surface area (Å²) in [6, 6.07) is 7.90. The molecule has 2 aromatic rings. The Balaban J connectivity index is 1.84. The van der Waals surface area contributed by atoms with Crippen molar-refractivity contribution in [3.63, 3.8) is 0 Å². The zero-order chi connectivity index (χ0) is 13.7. The zero-order valence-corrected chi connectivity index (χ0v) is 12.3. The van der Waals surface area contributed by atoms with Crippen LogP contribution in [0.5, 0.6) is 0 Å². The van der Waals surface area contributed by atoms with Crippen LogP contribution in [0.2, 0.25) is 0 Å². The number of nitrogens with zero attached hydrogens (tertiary/aromatic N) is 3. The molecule has 19 heavy (non-hydrogen) atoms. The van der Waals surface area contributed by atoms with Crippen molar-refractivity contribution in [2.75, 3.05) is 11.1 Å². The lowest BCUT2D eigenvalue weighted by Gasteiger charge is -2.07. The van der Waals surface area contributed by atoms with Crippen molar-refractivity contribution in [3.05, 3.63) is 29.8 Å². The summed E-state index contributed by atoms with van der Waals surface area (Å²) >= 11 is 2.52. The van der Waals surface area contributed by atoms with E-state index in [9.17, 15) is 4.79 Å². The van der Waals surface area contributed by atoms with E-state index >= 15 is 0 Å². The highest BCUT2D eigenvalue weighted by atomic mass is 32.2. The normalized spacial score (nSPS) is 10.7. The molecular weight excluding hydrogens is 280 g/mol. The van der Waals surface area contributed by atoms with Crippen LogP contribution >= 0.6 is 23.3 Å². The minimum atomic E-state index is -0.0579. The Kier molecular flexibility index (Phi) is 4.86. The largest absolute Gasteiger partial charge is 0.325 e. The van der Waals surface area contributed by atoms with E-state index in [0.717, 1.165) is 5.69 Å². The first-order valence-electron chi connectivity index (χ1n) is 5.83. The van der Waals surface area contributed by atoms with Gasteiger partial charge < -0.3 is 5.32 Å². The van der Waals surface area contributed by atoms with Gasteiger partial charge in [0.05, 0.1) is 5.75 Å². The lowest BCUT2D eigenvalue weighted by molar-refractivity contribution is -0.113. The van der Waals surface area contributed by atoms with E-state index < -0.39 is 0 Å². The number of anilines is 1. The maximum Gasteiger partial charge on any atom is 0.234 e. The molecule has 100 valence electrons. The molecule has 1 aromatic carbocycles. The van der Waals surface area contributed by atoms with Crippen LogP contribution in [0.25, 0.3) is 0 Å². The molecule has 1 heterocycles. The van der Waals surface area contributed by atoms with E-state index in [4.69, 9.17) is 0 Å². The van der Waals surface area contributed by atoms with Gasteiger partial charge in [0.2, 0.25) is 5.91 Å². The van der Waals surface area contributed by atoms with Crippen molar-refractivity contribution in [2.45, 2.75) is 24.1 Å². The molecule has 1 N–H and O–H groups in total. The molecule has 0 aliphatic carbocycles. The third-order valence-corrected chi connectivity index (χ3v) is 4.17. The summed E-state index contributed by atoms with van der Waals surface area (Å²) in [5.41, 5.74) is 2.07. The number of rotatable bonds is 5. The van der Waals surface area contributed by atoms with Crippen molar-refractivity contribution in [3.8, 4) is 0 Å². The fraction of sp³-hybridized carbons (Fsp3) is 0.333. The van der Waals surface area contributed by atoms with Crippen molar-refractivity contribution in [2.24, 2.45) is 0 Å². The van der Waals surface area contributed by atoms with Crippen LogP contribution in [0.3, 0.4) is 0 Å². The monoisotopic (exact) mass is 294 g/mol. The highest BCUT2D eigenvalue weighted by Gasteiger charge is 2.06. The molecule has 0 fully saturated rings. The second-order valence-corrected chi connectivity index (χ2v) is 6.20. The Morgan fingerprint density at radius 3 is 2.68 bits per heavy atom. The van der Waals surface area contributed by atoms with Crippen LogP contribution in [0, 0.1) is 0 Å². The van der Waals surface area contributed by atoms with Gasteiger partial charge in [-0.05, 0) is 28.8 Å². The first-order valence-corrected chi connectivity index (χ1v) is 7.58. The van der Waals surface area contributed by atoms with E-state index in [0.29, 0.717) is 16.0 Å². The van der Waals surface area contributed by atoms with Gasteiger partial charge in [0.1, 0.15) is 0 Å². The third-order valence-electron chi connectivity index (χ3n) is 2.47. The molecule has 1 amide bonds. The first kappa shape index (κ1) is 14.0. The zero-order valence-electron chi connectivity index (χ0n) is 10.7. The van der Waals surface area contributed by atoms with Gasteiger partial charge >= 0.3 is 0 Å². The van der Waals surface area contributed by atoms with Gasteiger partial charge in [-0.1, -0.05) is 42.2 Å². The summed E-state index contributed by atoms with van der Waals surface area (Å²) in [7, 11) is 0. The topological polar surface area (TPSA) is 67.8 Å². The van der Waals surface area contributed by atoms with Gasteiger partial charge in [0.25, 0.3) is 0 Å². The predicted molar refractivity (Wildman–Crippen MR) is 77.6 cm³/mol. The van der Waals surface area contributed by atoms with Crippen molar-refractivity contribution < 1.29 is 4.79 Å². The molecule has 2 rings (SSSR count). The van der Waals surface area contributed by atoms with Crippen LogP contribution in [-0.2, 0) is 4.79 Å². The summed E-state index contributed by atoms with van der Waals surface area (Å²) < 4.78 is 4.34. The summed E-state index contributed by atoms with van der Waals surface area (Å²) in [6.07, 6.45) is 0. The molecule has 7 heteroatoms. The van der Waals surface area contributed by atoms with Crippen LogP contribution in [0.4, 0.5) is 5.69 Å². The molecule has 0 saturated heterocycles. The van der Waals surface area contributed by atoms with Crippen LogP contribution in [0.15, 0.2) is 28.6 Å². The van der Waals surface area contributed by atoms with Crippen molar-refractivity contribution in [1.29, 1.82) is 0 Å². The number of nitrogens with one attached hydrogen (secondary N) is 1.